The molecule has 2 aromatic carbocycles. The molecule has 0 aliphatic rings. The van der Waals surface area contributed by atoms with Gasteiger partial charge >= 0.3 is 5.91 Å². The van der Waals surface area contributed by atoms with Crippen molar-refractivity contribution in [3.8, 4) is 0 Å². The van der Waals surface area contributed by atoms with Crippen LogP contribution in [-0.4, -0.2) is 39.0 Å². The maximum Gasteiger partial charge on any atom is 0.313 e. The number of carbonyl (C=O) groups is 2. The molecule has 8 nitrogen and oxygen atoms in total. The van der Waals surface area contributed by atoms with Crippen LogP contribution in [0.2, 0.25) is 5.02 Å². The lowest BCUT2D eigenvalue weighted by molar-refractivity contribution is -0.384. The molecule has 0 heterocycles. The highest BCUT2D eigenvalue weighted by molar-refractivity contribution is 6.36. The van der Waals surface area contributed by atoms with Crippen molar-refractivity contribution < 1.29 is 24.8 Å². The molecule has 1 amide bonds. The van der Waals surface area contributed by atoms with E-state index in [-0.39, 0.29) is 26.9 Å². The summed E-state index contributed by atoms with van der Waals surface area (Å²) in [5, 5.41) is 31.3. The highest BCUT2D eigenvalue weighted by Gasteiger charge is 2.38. The minimum Gasteiger partial charge on any atom is -0.380 e. The van der Waals surface area contributed by atoms with E-state index in [4.69, 9.17) is 16.8 Å². The Labute approximate surface area is 153 Å². The van der Waals surface area contributed by atoms with Gasteiger partial charge in [-0.1, -0.05) is 41.9 Å². The summed E-state index contributed by atoms with van der Waals surface area (Å²) in [4.78, 5) is 34.1. The number of halogens is 1. The van der Waals surface area contributed by atoms with Gasteiger partial charge in [0.1, 0.15) is 5.60 Å². The number of Topliss-reactive ketones (excluding diaryl/α,β-unsaturated/α-hetero) is 1. The van der Waals surface area contributed by atoms with Crippen LogP contribution in [0.25, 0.3) is 0 Å². The van der Waals surface area contributed by atoms with Crippen molar-refractivity contribution in [3.63, 3.8) is 0 Å². The first-order valence-corrected chi connectivity index (χ1v) is 7.76. The maximum absolute atomic E-state index is 12.2. The van der Waals surface area contributed by atoms with Gasteiger partial charge in [-0.2, -0.15) is 0 Å². The third kappa shape index (κ3) is 3.88. The van der Waals surface area contributed by atoms with Gasteiger partial charge in [0.15, 0.2) is 0 Å². The van der Waals surface area contributed by atoms with E-state index in [0.717, 1.165) is 19.2 Å². The van der Waals surface area contributed by atoms with Gasteiger partial charge in [-0.3, -0.25) is 24.9 Å². The minimum absolute atomic E-state index is 0.0257. The van der Waals surface area contributed by atoms with Gasteiger partial charge in [0.05, 0.1) is 16.4 Å². The minimum atomic E-state index is -2.02. The average molecular weight is 379 g/mol. The van der Waals surface area contributed by atoms with Crippen molar-refractivity contribution in [2.45, 2.75) is 12.0 Å². The summed E-state index contributed by atoms with van der Waals surface area (Å²) in [6.07, 6.45) is -0.710. The van der Waals surface area contributed by atoms with Crippen LogP contribution in [0, 0.1) is 10.1 Å². The standard InChI is InChI=1S/C17H15ClN2O6/c1-19(24)16(22)15(21)10-17(23,11-5-3-2-4-6-11)13-8-7-12(20(25)26)9-14(13)18/h2-9,23-24H,10H2,1H3. The number of rotatable bonds is 6. The molecule has 9 heteroatoms. The maximum atomic E-state index is 12.2. The van der Waals surface area contributed by atoms with Crippen LogP contribution in [0.3, 0.4) is 0 Å². The first-order valence-electron chi connectivity index (χ1n) is 7.39. The molecule has 1 unspecified atom stereocenters. The third-order valence-electron chi connectivity index (χ3n) is 3.81. The number of aliphatic hydroxyl groups is 1. The molecule has 0 saturated heterocycles. The van der Waals surface area contributed by atoms with Crippen molar-refractivity contribution in [2.75, 3.05) is 7.05 Å². The zero-order chi connectivity index (χ0) is 19.5. The number of amides is 1. The smallest absolute Gasteiger partial charge is 0.313 e. The van der Waals surface area contributed by atoms with Gasteiger partial charge < -0.3 is 5.11 Å². The van der Waals surface area contributed by atoms with Crippen LogP contribution in [0.1, 0.15) is 17.5 Å². The molecule has 26 heavy (non-hydrogen) atoms. The molecule has 0 fully saturated rings. The molecule has 2 N–H and O–H groups in total. The summed E-state index contributed by atoms with van der Waals surface area (Å²) in [6, 6.07) is 11.4. The first kappa shape index (κ1) is 19.5. The fraction of sp³-hybridized carbons (Fsp3) is 0.176. The topological polar surface area (TPSA) is 121 Å². The largest absolute Gasteiger partial charge is 0.380 e. The summed E-state index contributed by atoms with van der Waals surface area (Å²) >= 11 is 6.11. The SMILES string of the molecule is CN(O)C(=O)C(=O)CC(O)(c1ccccc1)c1ccc([N+](=O)[O-])cc1Cl. The number of nitro groups is 1. The number of hydroxylamine groups is 2. The van der Waals surface area contributed by atoms with E-state index in [1.54, 1.807) is 18.2 Å². The molecule has 0 saturated carbocycles. The van der Waals surface area contributed by atoms with E-state index in [2.05, 4.69) is 0 Å². The first-order chi connectivity index (χ1) is 12.2. The van der Waals surface area contributed by atoms with Crippen molar-refractivity contribution in [1.29, 1.82) is 0 Å². The van der Waals surface area contributed by atoms with Crippen LogP contribution in [0.4, 0.5) is 5.69 Å². The average Bonchev–Trinajstić information content (AvgIpc) is 2.61. The molecule has 0 aliphatic heterocycles. The predicted molar refractivity (Wildman–Crippen MR) is 91.7 cm³/mol. The Morgan fingerprint density at radius 3 is 2.35 bits per heavy atom. The van der Waals surface area contributed by atoms with Gasteiger partial charge in [-0.15, -0.1) is 0 Å². The van der Waals surface area contributed by atoms with E-state index in [9.17, 15) is 24.8 Å². The second kappa shape index (κ2) is 7.61. The van der Waals surface area contributed by atoms with E-state index >= 15 is 0 Å². The predicted octanol–water partition coefficient (Wildman–Crippen LogP) is 2.29. The number of nitrogens with zero attached hydrogens (tertiary/aromatic N) is 2. The monoisotopic (exact) mass is 378 g/mol. The Balaban J connectivity index is 2.57. The molecule has 0 aliphatic carbocycles. The molecular formula is C17H15ClN2O6. The summed E-state index contributed by atoms with van der Waals surface area (Å²) in [7, 11) is 0.987. The Morgan fingerprint density at radius 2 is 1.85 bits per heavy atom. The summed E-state index contributed by atoms with van der Waals surface area (Å²) in [6.45, 7) is 0. The Kier molecular flexibility index (Phi) is 5.71. The van der Waals surface area contributed by atoms with Crippen LogP contribution < -0.4 is 0 Å². The number of carbonyl (C=O) groups excluding carboxylic acids is 2. The molecule has 0 radical (unpaired) electrons. The van der Waals surface area contributed by atoms with E-state index in [1.165, 1.54) is 18.2 Å². The lowest BCUT2D eigenvalue weighted by Crippen LogP contribution is -2.38. The number of benzene rings is 2. The number of nitro benzene ring substituents is 1. The number of non-ortho nitro benzene ring substituents is 1. The fourth-order valence-corrected chi connectivity index (χ4v) is 2.84. The highest BCUT2D eigenvalue weighted by Crippen LogP contribution is 2.38. The van der Waals surface area contributed by atoms with Crippen molar-refractivity contribution in [3.05, 3.63) is 74.8 Å². The van der Waals surface area contributed by atoms with E-state index < -0.39 is 28.6 Å². The highest BCUT2D eigenvalue weighted by atomic mass is 35.5. The molecule has 0 spiro atoms. The molecule has 1 atom stereocenters. The van der Waals surface area contributed by atoms with Gasteiger partial charge in [0.25, 0.3) is 5.69 Å². The molecular weight excluding hydrogens is 364 g/mol. The summed E-state index contributed by atoms with van der Waals surface area (Å²) in [5.41, 5.74) is -2.02. The second-order valence-electron chi connectivity index (χ2n) is 5.58. The zero-order valence-electron chi connectivity index (χ0n) is 13.6. The Hall–Kier alpha value is -2.81. The third-order valence-corrected chi connectivity index (χ3v) is 4.12. The second-order valence-corrected chi connectivity index (χ2v) is 5.98. The van der Waals surface area contributed by atoms with Crippen LogP contribution in [-0.2, 0) is 15.2 Å². The van der Waals surface area contributed by atoms with E-state index in [1.807, 2.05) is 0 Å². The zero-order valence-corrected chi connectivity index (χ0v) is 14.4. The number of hydrogen-bond donors (Lipinski definition) is 2. The molecule has 0 aromatic heterocycles. The Morgan fingerprint density at radius 1 is 1.23 bits per heavy atom. The van der Waals surface area contributed by atoms with Crippen molar-refractivity contribution >= 4 is 29.0 Å². The van der Waals surface area contributed by atoms with Crippen molar-refractivity contribution in [2.24, 2.45) is 0 Å². The molecule has 2 rings (SSSR count). The summed E-state index contributed by atoms with van der Waals surface area (Å²) < 4.78 is 0. The lowest BCUT2D eigenvalue weighted by atomic mass is 9.82. The normalized spacial score (nSPS) is 12.9. The lowest BCUT2D eigenvalue weighted by Gasteiger charge is -2.29. The van der Waals surface area contributed by atoms with Gasteiger partial charge in [-0.25, -0.2) is 5.06 Å². The fourth-order valence-electron chi connectivity index (χ4n) is 2.51. The Bertz CT molecular complexity index is 856. The number of ketones is 1. The quantitative estimate of drug-likeness (QED) is 0.344. The van der Waals surface area contributed by atoms with Crippen LogP contribution in [0.15, 0.2) is 48.5 Å². The van der Waals surface area contributed by atoms with Crippen LogP contribution in [0.5, 0.6) is 0 Å². The van der Waals surface area contributed by atoms with E-state index in [0.29, 0.717) is 0 Å². The number of likely N-dealkylation sites (N-methyl/N-ethyl adjacent to an activating group) is 1. The molecule has 0 bridgehead atoms. The summed E-state index contributed by atoms with van der Waals surface area (Å²) in [5.74, 6) is -2.27. The van der Waals surface area contributed by atoms with Gasteiger partial charge in [0.2, 0.25) is 5.78 Å². The van der Waals surface area contributed by atoms with Crippen molar-refractivity contribution in [1.82, 2.24) is 5.06 Å². The van der Waals surface area contributed by atoms with Crippen LogP contribution >= 0.6 is 11.6 Å². The van der Waals surface area contributed by atoms with Gasteiger partial charge in [-0.05, 0) is 11.6 Å². The molecule has 136 valence electrons. The molecule has 2 aromatic rings. The number of hydrogen-bond acceptors (Lipinski definition) is 6. The van der Waals surface area contributed by atoms with Gasteiger partial charge in [0, 0.05) is 24.7 Å².